The highest BCUT2D eigenvalue weighted by Gasteiger charge is 2.13. The van der Waals surface area contributed by atoms with E-state index in [2.05, 4.69) is 12.0 Å². The predicted molar refractivity (Wildman–Crippen MR) is 44.4 cm³/mol. The lowest BCUT2D eigenvalue weighted by Crippen LogP contribution is -2.14. The van der Waals surface area contributed by atoms with Gasteiger partial charge in [-0.05, 0) is 19.0 Å². The highest BCUT2D eigenvalue weighted by Crippen LogP contribution is 2.26. The van der Waals surface area contributed by atoms with Gasteiger partial charge in [-0.3, -0.25) is 0 Å². The third-order valence-electron chi connectivity index (χ3n) is 2.28. The lowest BCUT2D eigenvalue weighted by Gasteiger charge is -2.05. The summed E-state index contributed by atoms with van der Waals surface area (Å²) in [6.07, 6.45) is 6.05. The normalized spacial score (nSPS) is 22.3. The smallest absolute Gasteiger partial charge is 0.0916 e. The Morgan fingerprint density at radius 3 is 2.67 bits per heavy atom. The molecule has 1 nitrogen and oxygen atoms in total. The second kappa shape index (κ2) is 4.07. The van der Waals surface area contributed by atoms with E-state index in [9.17, 15) is 0 Å². The van der Waals surface area contributed by atoms with E-state index < -0.39 is 0 Å². The van der Waals surface area contributed by atoms with Crippen LogP contribution in [0, 0.1) is 5.92 Å². The summed E-state index contributed by atoms with van der Waals surface area (Å²) < 4.78 is 0. The zero-order valence-electron chi connectivity index (χ0n) is 6.32. The SMILES string of the molecule is CN[SiH2]CC1CCCC1. The standard InChI is InChI=1S/C7H17NSi/c1-8-9-6-7-4-2-3-5-7/h7-8H,2-6,9H2,1H3. The molecule has 0 radical (unpaired) electrons. The zero-order valence-corrected chi connectivity index (χ0v) is 7.73. The fourth-order valence-corrected chi connectivity index (χ4v) is 2.92. The first kappa shape index (κ1) is 7.29. The average Bonchev–Trinajstić information content (AvgIpc) is 2.34. The monoisotopic (exact) mass is 143 g/mol. The fraction of sp³-hybridized carbons (Fsp3) is 1.00. The van der Waals surface area contributed by atoms with Crippen molar-refractivity contribution in [2.75, 3.05) is 7.05 Å². The maximum Gasteiger partial charge on any atom is 0.0916 e. The molecule has 1 aliphatic carbocycles. The van der Waals surface area contributed by atoms with Crippen molar-refractivity contribution in [2.24, 2.45) is 5.92 Å². The lowest BCUT2D eigenvalue weighted by molar-refractivity contribution is 0.606. The van der Waals surface area contributed by atoms with Gasteiger partial charge in [-0.1, -0.05) is 25.7 Å². The first-order valence-corrected chi connectivity index (χ1v) is 5.79. The molecular weight excluding hydrogens is 126 g/mol. The molecular formula is C7H17NSi. The number of nitrogens with one attached hydrogen (secondary N) is 1. The molecule has 0 saturated heterocycles. The summed E-state index contributed by atoms with van der Waals surface area (Å²) in [5, 5.41) is 0. The van der Waals surface area contributed by atoms with E-state index in [0.29, 0.717) is 0 Å². The first-order chi connectivity index (χ1) is 4.43. The van der Waals surface area contributed by atoms with Crippen LogP contribution in [0.25, 0.3) is 0 Å². The Balaban J connectivity index is 1.98. The van der Waals surface area contributed by atoms with Crippen molar-refractivity contribution < 1.29 is 0 Å². The molecule has 1 N–H and O–H groups in total. The molecule has 0 aromatic carbocycles. The van der Waals surface area contributed by atoms with Crippen LogP contribution in [0.3, 0.4) is 0 Å². The summed E-state index contributed by atoms with van der Waals surface area (Å²) in [6.45, 7) is 0. The van der Waals surface area contributed by atoms with Crippen molar-refractivity contribution in [3.63, 3.8) is 0 Å². The first-order valence-electron chi connectivity index (χ1n) is 4.08. The molecule has 1 saturated carbocycles. The Morgan fingerprint density at radius 1 is 1.44 bits per heavy atom. The summed E-state index contributed by atoms with van der Waals surface area (Å²) in [5.74, 6) is 1.11. The van der Waals surface area contributed by atoms with Gasteiger partial charge in [-0.25, -0.2) is 0 Å². The maximum absolute atomic E-state index is 3.33. The van der Waals surface area contributed by atoms with Crippen LogP contribution >= 0.6 is 0 Å². The van der Waals surface area contributed by atoms with Crippen LogP contribution in [0.15, 0.2) is 0 Å². The van der Waals surface area contributed by atoms with Crippen LogP contribution in [0.2, 0.25) is 6.04 Å². The Kier molecular flexibility index (Phi) is 3.29. The van der Waals surface area contributed by atoms with Crippen molar-refractivity contribution in [3.8, 4) is 0 Å². The minimum atomic E-state index is 0.142. The van der Waals surface area contributed by atoms with Crippen LogP contribution < -0.4 is 4.98 Å². The molecule has 1 rings (SSSR count). The Hall–Kier alpha value is 0.177. The molecule has 0 spiro atoms. The van der Waals surface area contributed by atoms with Crippen LogP contribution in [0.4, 0.5) is 0 Å². The third kappa shape index (κ3) is 2.50. The van der Waals surface area contributed by atoms with Crippen molar-refractivity contribution in [1.29, 1.82) is 0 Å². The van der Waals surface area contributed by atoms with Gasteiger partial charge in [0.25, 0.3) is 0 Å². The second-order valence-corrected chi connectivity index (χ2v) is 4.83. The molecule has 0 atom stereocenters. The van der Waals surface area contributed by atoms with Crippen molar-refractivity contribution in [2.45, 2.75) is 31.7 Å². The summed E-state index contributed by atoms with van der Waals surface area (Å²) in [4.78, 5) is 3.33. The van der Waals surface area contributed by atoms with E-state index >= 15 is 0 Å². The molecule has 0 aromatic rings. The summed E-state index contributed by atoms with van der Waals surface area (Å²) >= 11 is 0. The maximum atomic E-state index is 3.33. The number of hydrogen-bond donors (Lipinski definition) is 1. The highest BCUT2D eigenvalue weighted by atomic mass is 28.2. The van der Waals surface area contributed by atoms with E-state index in [0.717, 1.165) is 5.92 Å². The molecule has 0 unspecified atom stereocenters. The highest BCUT2D eigenvalue weighted by molar-refractivity contribution is 6.32. The van der Waals surface area contributed by atoms with Gasteiger partial charge in [0.1, 0.15) is 0 Å². The number of hydrogen-bond acceptors (Lipinski definition) is 1. The molecule has 0 amide bonds. The van der Waals surface area contributed by atoms with Crippen LogP contribution in [0.1, 0.15) is 25.7 Å². The molecule has 1 aliphatic rings. The van der Waals surface area contributed by atoms with E-state index in [1.807, 2.05) is 0 Å². The number of rotatable bonds is 3. The fourth-order valence-electron chi connectivity index (χ4n) is 1.65. The largest absolute Gasteiger partial charge is 0.345 e. The molecule has 0 aliphatic heterocycles. The van der Waals surface area contributed by atoms with Gasteiger partial charge >= 0.3 is 0 Å². The molecule has 54 valence electrons. The van der Waals surface area contributed by atoms with Crippen molar-refractivity contribution in [1.82, 2.24) is 4.98 Å². The van der Waals surface area contributed by atoms with Gasteiger partial charge in [0, 0.05) is 0 Å². The summed E-state index contributed by atoms with van der Waals surface area (Å²) in [5.41, 5.74) is 0. The van der Waals surface area contributed by atoms with Crippen molar-refractivity contribution >= 4 is 9.68 Å². The molecule has 9 heavy (non-hydrogen) atoms. The zero-order chi connectivity index (χ0) is 6.53. The van der Waals surface area contributed by atoms with Gasteiger partial charge < -0.3 is 4.98 Å². The van der Waals surface area contributed by atoms with E-state index in [1.165, 1.54) is 31.7 Å². The molecule has 0 aromatic heterocycles. The van der Waals surface area contributed by atoms with Gasteiger partial charge in [-0.15, -0.1) is 0 Å². The molecule has 0 bridgehead atoms. The average molecular weight is 143 g/mol. The Labute approximate surface area is 60.1 Å². The van der Waals surface area contributed by atoms with Gasteiger partial charge in [-0.2, -0.15) is 0 Å². The topological polar surface area (TPSA) is 12.0 Å². The lowest BCUT2D eigenvalue weighted by atomic mass is 10.1. The van der Waals surface area contributed by atoms with Crippen LogP contribution in [-0.4, -0.2) is 16.7 Å². The second-order valence-electron chi connectivity index (χ2n) is 3.04. The van der Waals surface area contributed by atoms with Crippen molar-refractivity contribution in [3.05, 3.63) is 0 Å². The molecule has 0 heterocycles. The minimum Gasteiger partial charge on any atom is -0.345 e. The van der Waals surface area contributed by atoms with Gasteiger partial charge in [0.05, 0.1) is 9.68 Å². The third-order valence-corrected chi connectivity index (χ3v) is 3.88. The Morgan fingerprint density at radius 2 is 2.11 bits per heavy atom. The van der Waals surface area contributed by atoms with E-state index in [1.54, 1.807) is 0 Å². The Bertz CT molecular complexity index is 69.3. The summed E-state index contributed by atoms with van der Waals surface area (Å²) in [6, 6.07) is 1.54. The van der Waals surface area contributed by atoms with Crippen LogP contribution in [-0.2, 0) is 0 Å². The van der Waals surface area contributed by atoms with E-state index in [4.69, 9.17) is 0 Å². The van der Waals surface area contributed by atoms with Crippen LogP contribution in [0.5, 0.6) is 0 Å². The van der Waals surface area contributed by atoms with E-state index in [-0.39, 0.29) is 9.68 Å². The van der Waals surface area contributed by atoms with Gasteiger partial charge in [0.15, 0.2) is 0 Å². The molecule has 1 fully saturated rings. The van der Waals surface area contributed by atoms with Gasteiger partial charge in [0.2, 0.25) is 0 Å². The predicted octanol–water partition coefficient (Wildman–Crippen LogP) is 0.898. The quantitative estimate of drug-likeness (QED) is 0.579. The summed E-state index contributed by atoms with van der Waals surface area (Å²) in [7, 11) is 2.24. The molecule has 2 heteroatoms. The minimum absolute atomic E-state index is 0.142.